The van der Waals surface area contributed by atoms with Gasteiger partial charge in [0.2, 0.25) is 0 Å². The molecule has 0 saturated heterocycles. The Morgan fingerprint density at radius 1 is 1.10 bits per heavy atom. The molecule has 0 spiro atoms. The smallest absolute Gasteiger partial charge is 0.291 e. The molecular weight excluding hydrogens is 330 g/mol. The first kappa shape index (κ1) is 13.9. The summed E-state index contributed by atoms with van der Waals surface area (Å²) in [5.41, 5.74) is 3.58. The van der Waals surface area contributed by atoms with Crippen LogP contribution in [-0.2, 0) is 0 Å². The molecule has 1 heterocycles. The zero-order chi connectivity index (χ0) is 15.0. The van der Waals surface area contributed by atoms with E-state index in [2.05, 4.69) is 21.2 Å². The highest BCUT2D eigenvalue weighted by atomic mass is 79.9. The van der Waals surface area contributed by atoms with Crippen LogP contribution in [0.25, 0.3) is 11.0 Å². The van der Waals surface area contributed by atoms with Gasteiger partial charge in [-0.3, -0.25) is 4.79 Å². The molecule has 0 aliphatic heterocycles. The molecule has 0 aliphatic carbocycles. The van der Waals surface area contributed by atoms with E-state index < -0.39 is 0 Å². The number of amides is 1. The first-order chi connectivity index (χ1) is 10.1. The van der Waals surface area contributed by atoms with Gasteiger partial charge in [-0.1, -0.05) is 30.3 Å². The second-order valence-electron chi connectivity index (χ2n) is 4.99. The SMILES string of the molecule is Cc1cccc(C)c1NC(=O)c1cc2cccc(Br)c2o1. The van der Waals surface area contributed by atoms with Crippen LogP contribution in [0.15, 0.2) is 51.4 Å². The fourth-order valence-corrected chi connectivity index (χ4v) is 2.79. The van der Waals surface area contributed by atoms with Crippen molar-refractivity contribution in [2.75, 3.05) is 5.32 Å². The Kier molecular flexibility index (Phi) is 3.55. The van der Waals surface area contributed by atoms with Crippen molar-refractivity contribution in [3.63, 3.8) is 0 Å². The third-order valence-corrected chi connectivity index (χ3v) is 4.06. The van der Waals surface area contributed by atoms with Crippen molar-refractivity contribution in [3.05, 3.63) is 63.8 Å². The van der Waals surface area contributed by atoms with Crippen LogP contribution < -0.4 is 5.32 Å². The van der Waals surface area contributed by atoms with Gasteiger partial charge in [-0.25, -0.2) is 0 Å². The number of hydrogen-bond donors (Lipinski definition) is 1. The Morgan fingerprint density at radius 3 is 2.43 bits per heavy atom. The minimum Gasteiger partial charge on any atom is -0.450 e. The molecule has 0 saturated carbocycles. The summed E-state index contributed by atoms with van der Waals surface area (Å²) in [7, 11) is 0. The summed E-state index contributed by atoms with van der Waals surface area (Å²) < 4.78 is 6.49. The Bertz CT molecular complexity index is 816. The summed E-state index contributed by atoms with van der Waals surface area (Å²) in [5, 5.41) is 3.83. The van der Waals surface area contributed by atoms with E-state index in [0.29, 0.717) is 11.3 Å². The topological polar surface area (TPSA) is 42.2 Å². The van der Waals surface area contributed by atoms with E-state index >= 15 is 0 Å². The molecule has 0 bridgehead atoms. The molecule has 0 aliphatic rings. The average Bonchev–Trinajstić information content (AvgIpc) is 2.88. The molecule has 3 rings (SSSR count). The highest BCUT2D eigenvalue weighted by Crippen LogP contribution is 2.28. The predicted octanol–water partition coefficient (Wildman–Crippen LogP) is 5.06. The van der Waals surface area contributed by atoms with Crippen LogP contribution in [0.5, 0.6) is 0 Å². The van der Waals surface area contributed by atoms with Gasteiger partial charge < -0.3 is 9.73 Å². The lowest BCUT2D eigenvalue weighted by atomic mass is 10.1. The molecule has 0 unspecified atom stereocenters. The van der Waals surface area contributed by atoms with Crippen molar-refractivity contribution in [2.24, 2.45) is 0 Å². The standard InChI is InChI=1S/C17H14BrNO2/c1-10-5-3-6-11(2)15(10)19-17(20)14-9-12-7-4-8-13(18)16(12)21-14/h3-9H,1-2H3,(H,19,20). The molecule has 3 nitrogen and oxygen atoms in total. The number of halogens is 1. The molecule has 1 aromatic heterocycles. The molecule has 2 aromatic carbocycles. The van der Waals surface area contributed by atoms with Crippen molar-refractivity contribution >= 4 is 38.5 Å². The van der Waals surface area contributed by atoms with Gasteiger partial charge in [0, 0.05) is 11.1 Å². The van der Waals surface area contributed by atoms with Crippen molar-refractivity contribution in [1.29, 1.82) is 0 Å². The number of rotatable bonds is 2. The average molecular weight is 344 g/mol. The highest BCUT2D eigenvalue weighted by Gasteiger charge is 2.15. The van der Waals surface area contributed by atoms with E-state index in [1.165, 1.54) is 0 Å². The van der Waals surface area contributed by atoms with Gasteiger partial charge in [0.25, 0.3) is 5.91 Å². The van der Waals surface area contributed by atoms with Crippen molar-refractivity contribution < 1.29 is 9.21 Å². The van der Waals surface area contributed by atoms with E-state index in [1.807, 2.05) is 50.2 Å². The third-order valence-electron chi connectivity index (χ3n) is 3.44. The minimum absolute atomic E-state index is 0.240. The summed E-state index contributed by atoms with van der Waals surface area (Å²) in [6.45, 7) is 3.94. The second kappa shape index (κ2) is 5.37. The van der Waals surface area contributed by atoms with E-state index in [1.54, 1.807) is 6.07 Å². The predicted molar refractivity (Wildman–Crippen MR) is 87.8 cm³/mol. The molecule has 0 radical (unpaired) electrons. The normalized spacial score (nSPS) is 10.8. The zero-order valence-corrected chi connectivity index (χ0v) is 13.3. The first-order valence-electron chi connectivity index (χ1n) is 6.62. The number of nitrogens with one attached hydrogen (secondary N) is 1. The summed E-state index contributed by atoms with van der Waals surface area (Å²) >= 11 is 3.42. The van der Waals surface area contributed by atoms with Crippen LogP contribution >= 0.6 is 15.9 Å². The Labute approximate surface area is 131 Å². The van der Waals surface area contributed by atoms with Gasteiger partial charge in [0.15, 0.2) is 5.76 Å². The third kappa shape index (κ3) is 2.59. The number of para-hydroxylation sites is 2. The number of aryl methyl sites for hydroxylation is 2. The monoisotopic (exact) mass is 343 g/mol. The molecule has 3 aromatic rings. The summed E-state index contributed by atoms with van der Waals surface area (Å²) in [4.78, 5) is 12.4. The van der Waals surface area contributed by atoms with Gasteiger partial charge >= 0.3 is 0 Å². The summed E-state index contributed by atoms with van der Waals surface area (Å²) in [6, 6.07) is 13.4. The quantitative estimate of drug-likeness (QED) is 0.706. The summed E-state index contributed by atoms with van der Waals surface area (Å²) in [6.07, 6.45) is 0. The Balaban J connectivity index is 1.96. The van der Waals surface area contributed by atoms with E-state index in [9.17, 15) is 4.79 Å². The van der Waals surface area contributed by atoms with Gasteiger partial charge in [-0.05, 0) is 53.0 Å². The Hall–Kier alpha value is -2.07. The van der Waals surface area contributed by atoms with Crippen LogP contribution in [-0.4, -0.2) is 5.91 Å². The summed E-state index contributed by atoms with van der Waals surface area (Å²) in [5.74, 6) is 0.0649. The maximum atomic E-state index is 12.4. The highest BCUT2D eigenvalue weighted by molar-refractivity contribution is 9.10. The van der Waals surface area contributed by atoms with Crippen molar-refractivity contribution in [2.45, 2.75) is 13.8 Å². The maximum Gasteiger partial charge on any atom is 0.291 e. The number of benzene rings is 2. The molecule has 1 N–H and O–H groups in total. The number of carbonyl (C=O) groups is 1. The van der Waals surface area contributed by atoms with Crippen molar-refractivity contribution in [1.82, 2.24) is 0 Å². The number of carbonyl (C=O) groups excluding carboxylic acids is 1. The minimum atomic E-state index is -0.240. The van der Waals surface area contributed by atoms with Crippen LogP contribution in [0.3, 0.4) is 0 Å². The fourth-order valence-electron chi connectivity index (χ4n) is 2.33. The largest absolute Gasteiger partial charge is 0.450 e. The molecule has 106 valence electrons. The van der Waals surface area contributed by atoms with Crippen LogP contribution in [0.2, 0.25) is 0 Å². The van der Waals surface area contributed by atoms with Gasteiger partial charge in [0.05, 0.1) is 4.47 Å². The number of furan rings is 1. The lowest BCUT2D eigenvalue weighted by Crippen LogP contribution is -2.12. The fraction of sp³-hybridized carbons (Fsp3) is 0.118. The van der Waals surface area contributed by atoms with Gasteiger partial charge in [0.1, 0.15) is 5.58 Å². The Morgan fingerprint density at radius 2 is 1.76 bits per heavy atom. The van der Waals surface area contributed by atoms with Crippen LogP contribution in [0.1, 0.15) is 21.7 Å². The molecule has 1 amide bonds. The number of fused-ring (bicyclic) bond motifs is 1. The maximum absolute atomic E-state index is 12.4. The van der Waals surface area contributed by atoms with Gasteiger partial charge in [-0.2, -0.15) is 0 Å². The molecule has 21 heavy (non-hydrogen) atoms. The lowest BCUT2D eigenvalue weighted by Gasteiger charge is -2.09. The molecule has 4 heteroatoms. The zero-order valence-electron chi connectivity index (χ0n) is 11.7. The van der Waals surface area contributed by atoms with Crippen LogP contribution in [0.4, 0.5) is 5.69 Å². The molecule has 0 atom stereocenters. The molecule has 0 fully saturated rings. The first-order valence-corrected chi connectivity index (χ1v) is 7.41. The second-order valence-corrected chi connectivity index (χ2v) is 5.84. The lowest BCUT2D eigenvalue weighted by molar-refractivity contribution is 0.0998. The number of anilines is 1. The van der Waals surface area contributed by atoms with Gasteiger partial charge in [-0.15, -0.1) is 0 Å². The van der Waals surface area contributed by atoms with E-state index in [0.717, 1.165) is 26.7 Å². The van der Waals surface area contributed by atoms with E-state index in [4.69, 9.17) is 4.42 Å². The van der Waals surface area contributed by atoms with E-state index in [-0.39, 0.29) is 5.91 Å². The van der Waals surface area contributed by atoms with Crippen LogP contribution in [0, 0.1) is 13.8 Å². The number of hydrogen-bond acceptors (Lipinski definition) is 2. The molecular formula is C17H14BrNO2. The van der Waals surface area contributed by atoms with Crippen molar-refractivity contribution in [3.8, 4) is 0 Å².